The Morgan fingerprint density at radius 2 is 1.86 bits per heavy atom. The molecule has 0 radical (unpaired) electrons. The largest absolute Gasteiger partial charge is 0.365 e. The molecule has 4 nitrogen and oxygen atoms in total. The molecular formula is C17H16N2O2S. The zero-order chi connectivity index (χ0) is 15.5. The van der Waals surface area contributed by atoms with Gasteiger partial charge in [-0.1, -0.05) is 42.5 Å². The molecule has 1 atom stereocenters. The maximum atomic E-state index is 12.4. The number of imide groups is 1. The van der Waals surface area contributed by atoms with E-state index in [2.05, 4.69) is 5.32 Å². The van der Waals surface area contributed by atoms with Gasteiger partial charge in [0.15, 0.2) is 5.37 Å². The van der Waals surface area contributed by atoms with Gasteiger partial charge in [-0.05, 0) is 41.9 Å². The molecule has 1 aliphatic rings. The van der Waals surface area contributed by atoms with Crippen molar-refractivity contribution in [2.75, 3.05) is 5.32 Å². The van der Waals surface area contributed by atoms with Crippen LogP contribution in [0.3, 0.4) is 0 Å². The summed E-state index contributed by atoms with van der Waals surface area (Å²) in [6.07, 6.45) is 0. The van der Waals surface area contributed by atoms with Crippen LogP contribution in [0.1, 0.15) is 11.1 Å². The van der Waals surface area contributed by atoms with Crippen molar-refractivity contribution in [1.82, 2.24) is 4.90 Å². The van der Waals surface area contributed by atoms with Crippen molar-refractivity contribution in [3.63, 3.8) is 0 Å². The third-order valence-electron chi connectivity index (χ3n) is 3.43. The van der Waals surface area contributed by atoms with Crippen molar-refractivity contribution < 1.29 is 9.59 Å². The van der Waals surface area contributed by atoms with E-state index in [0.29, 0.717) is 6.54 Å². The van der Waals surface area contributed by atoms with Crippen molar-refractivity contribution in [3.8, 4) is 0 Å². The molecule has 1 fully saturated rings. The van der Waals surface area contributed by atoms with Crippen LogP contribution in [0.2, 0.25) is 0 Å². The summed E-state index contributed by atoms with van der Waals surface area (Å²) in [6, 6.07) is 17.3. The average molecular weight is 312 g/mol. The fraction of sp³-hybridized carbons (Fsp3) is 0.176. The van der Waals surface area contributed by atoms with E-state index in [1.54, 1.807) is 0 Å². The van der Waals surface area contributed by atoms with Crippen LogP contribution >= 0.6 is 11.8 Å². The van der Waals surface area contributed by atoms with Crippen LogP contribution in [0.15, 0.2) is 54.6 Å². The Morgan fingerprint density at radius 1 is 1.09 bits per heavy atom. The summed E-state index contributed by atoms with van der Waals surface area (Å²) in [5, 5.41) is 2.36. The highest BCUT2D eigenvalue weighted by Crippen LogP contribution is 2.29. The second-order valence-electron chi connectivity index (χ2n) is 5.19. The molecule has 0 bridgehead atoms. The van der Waals surface area contributed by atoms with Gasteiger partial charge in [-0.2, -0.15) is 0 Å². The van der Waals surface area contributed by atoms with Gasteiger partial charge in [-0.3, -0.25) is 14.5 Å². The molecule has 1 heterocycles. The Balaban J connectivity index is 1.71. The van der Waals surface area contributed by atoms with Crippen LogP contribution in [-0.2, 0) is 11.3 Å². The third kappa shape index (κ3) is 3.14. The molecule has 0 aliphatic carbocycles. The third-order valence-corrected chi connectivity index (χ3v) is 4.41. The predicted octanol–water partition coefficient (Wildman–Crippen LogP) is 3.63. The molecule has 2 amide bonds. The van der Waals surface area contributed by atoms with Gasteiger partial charge in [0.1, 0.15) is 0 Å². The van der Waals surface area contributed by atoms with E-state index in [4.69, 9.17) is 0 Å². The topological polar surface area (TPSA) is 49.4 Å². The van der Waals surface area contributed by atoms with Crippen LogP contribution in [-0.4, -0.2) is 21.4 Å². The molecule has 0 aromatic heterocycles. The first kappa shape index (κ1) is 14.7. The Labute approximate surface area is 133 Å². The van der Waals surface area contributed by atoms with Crippen molar-refractivity contribution in [2.45, 2.75) is 18.8 Å². The van der Waals surface area contributed by atoms with E-state index in [0.717, 1.165) is 28.6 Å². The number of amides is 2. The standard InChI is InChI=1S/C17H16N2O2S/c1-12-6-5-9-14(10-12)18-15-16(20)19(17(21)22-15)11-13-7-3-2-4-8-13/h2-10,15,18H,11H2,1H3/t15-/m0/s1. The number of hydrogen-bond donors (Lipinski definition) is 1. The van der Waals surface area contributed by atoms with Crippen LogP contribution in [0.25, 0.3) is 0 Å². The Bertz CT molecular complexity index is 703. The monoisotopic (exact) mass is 312 g/mol. The number of thioether (sulfide) groups is 1. The van der Waals surface area contributed by atoms with Crippen molar-refractivity contribution in [3.05, 3.63) is 65.7 Å². The van der Waals surface area contributed by atoms with Gasteiger partial charge >= 0.3 is 0 Å². The number of nitrogens with one attached hydrogen (secondary N) is 1. The normalized spacial score (nSPS) is 17.9. The minimum atomic E-state index is -0.557. The summed E-state index contributed by atoms with van der Waals surface area (Å²) in [7, 11) is 0. The summed E-state index contributed by atoms with van der Waals surface area (Å²) >= 11 is 1.03. The number of benzene rings is 2. The zero-order valence-corrected chi connectivity index (χ0v) is 13.0. The second-order valence-corrected chi connectivity index (χ2v) is 6.24. The Kier molecular flexibility index (Phi) is 4.15. The zero-order valence-electron chi connectivity index (χ0n) is 12.2. The molecule has 22 heavy (non-hydrogen) atoms. The maximum Gasteiger partial charge on any atom is 0.291 e. The molecule has 1 N–H and O–H groups in total. The van der Waals surface area contributed by atoms with E-state index >= 15 is 0 Å². The summed E-state index contributed by atoms with van der Waals surface area (Å²) in [6.45, 7) is 2.30. The second kappa shape index (κ2) is 6.23. The first-order chi connectivity index (χ1) is 10.6. The molecule has 0 saturated carbocycles. The van der Waals surface area contributed by atoms with E-state index in [1.807, 2.05) is 61.5 Å². The molecular weight excluding hydrogens is 296 g/mol. The van der Waals surface area contributed by atoms with Gasteiger partial charge in [0.25, 0.3) is 11.1 Å². The maximum absolute atomic E-state index is 12.4. The highest BCUT2D eigenvalue weighted by molar-refractivity contribution is 8.15. The lowest BCUT2D eigenvalue weighted by atomic mass is 10.2. The Hall–Kier alpha value is -2.27. The summed E-state index contributed by atoms with van der Waals surface area (Å²) in [4.78, 5) is 25.8. The minimum absolute atomic E-state index is 0.194. The van der Waals surface area contributed by atoms with Gasteiger partial charge in [-0.15, -0.1) is 0 Å². The molecule has 0 unspecified atom stereocenters. The van der Waals surface area contributed by atoms with Crippen LogP contribution in [0.4, 0.5) is 10.5 Å². The van der Waals surface area contributed by atoms with E-state index < -0.39 is 5.37 Å². The van der Waals surface area contributed by atoms with E-state index in [9.17, 15) is 9.59 Å². The van der Waals surface area contributed by atoms with E-state index in [-0.39, 0.29) is 11.1 Å². The predicted molar refractivity (Wildman–Crippen MR) is 88.6 cm³/mol. The number of hydrogen-bond acceptors (Lipinski definition) is 4. The van der Waals surface area contributed by atoms with Crippen molar-refractivity contribution >= 4 is 28.6 Å². The lowest BCUT2D eigenvalue weighted by Gasteiger charge is -2.15. The summed E-state index contributed by atoms with van der Waals surface area (Å²) < 4.78 is 0. The number of carbonyl (C=O) groups excluding carboxylic acids is 2. The van der Waals surface area contributed by atoms with Crippen molar-refractivity contribution in [2.24, 2.45) is 0 Å². The van der Waals surface area contributed by atoms with E-state index in [1.165, 1.54) is 4.90 Å². The van der Waals surface area contributed by atoms with Gasteiger partial charge < -0.3 is 5.32 Å². The average Bonchev–Trinajstić information content (AvgIpc) is 2.76. The minimum Gasteiger partial charge on any atom is -0.365 e. The van der Waals surface area contributed by atoms with Gasteiger partial charge in [0.2, 0.25) is 0 Å². The first-order valence-electron chi connectivity index (χ1n) is 7.02. The lowest BCUT2D eigenvalue weighted by Crippen LogP contribution is -2.33. The molecule has 1 saturated heterocycles. The number of rotatable bonds is 4. The Morgan fingerprint density at radius 3 is 2.59 bits per heavy atom. The molecule has 1 aliphatic heterocycles. The van der Waals surface area contributed by atoms with Gasteiger partial charge in [-0.25, -0.2) is 0 Å². The quantitative estimate of drug-likeness (QED) is 0.936. The van der Waals surface area contributed by atoms with Gasteiger partial charge in [0, 0.05) is 5.69 Å². The smallest absolute Gasteiger partial charge is 0.291 e. The molecule has 2 aromatic carbocycles. The fourth-order valence-electron chi connectivity index (χ4n) is 2.33. The summed E-state index contributed by atoms with van der Waals surface area (Å²) in [5.41, 5.74) is 2.90. The molecule has 2 aromatic rings. The molecule has 3 rings (SSSR count). The van der Waals surface area contributed by atoms with Crippen LogP contribution in [0.5, 0.6) is 0 Å². The van der Waals surface area contributed by atoms with Crippen LogP contribution in [0, 0.1) is 6.92 Å². The highest BCUT2D eigenvalue weighted by Gasteiger charge is 2.39. The number of anilines is 1. The molecule has 112 valence electrons. The number of nitrogens with zero attached hydrogens (tertiary/aromatic N) is 1. The van der Waals surface area contributed by atoms with Gasteiger partial charge in [0.05, 0.1) is 6.54 Å². The van der Waals surface area contributed by atoms with Crippen LogP contribution < -0.4 is 5.32 Å². The van der Waals surface area contributed by atoms with Crippen molar-refractivity contribution in [1.29, 1.82) is 0 Å². The highest BCUT2D eigenvalue weighted by atomic mass is 32.2. The summed E-state index contributed by atoms with van der Waals surface area (Å²) in [5.74, 6) is -0.194. The molecule has 0 spiro atoms. The molecule has 5 heteroatoms. The fourth-order valence-corrected chi connectivity index (χ4v) is 3.24. The first-order valence-corrected chi connectivity index (χ1v) is 7.90. The number of aryl methyl sites for hydroxylation is 1. The lowest BCUT2D eigenvalue weighted by molar-refractivity contribution is -0.126. The number of carbonyl (C=O) groups is 2. The SMILES string of the molecule is Cc1cccc(N[C@H]2SC(=O)N(Cc3ccccc3)C2=O)c1.